The Labute approximate surface area is 140 Å². The number of nitrogens with zero attached hydrogens (tertiary/aromatic N) is 1. The summed E-state index contributed by atoms with van der Waals surface area (Å²) in [6, 6.07) is 13.1. The predicted molar refractivity (Wildman–Crippen MR) is 94.6 cm³/mol. The summed E-state index contributed by atoms with van der Waals surface area (Å²) in [5, 5.41) is 0.790. The highest BCUT2D eigenvalue weighted by atomic mass is 32.2. The molecule has 0 fully saturated rings. The molecule has 1 aromatic heterocycles. The summed E-state index contributed by atoms with van der Waals surface area (Å²) in [5.74, 6) is 0.577. The Morgan fingerprint density at radius 1 is 1.17 bits per heavy atom. The number of hydrogen-bond donors (Lipinski definition) is 2. The second-order valence-electron chi connectivity index (χ2n) is 5.15. The zero-order chi connectivity index (χ0) is 17.2. The monoisotopic (exact) mass is 343 g/mol. The van der Waals surface area contributed by atoms with Crippen LogP contribution in [0, 0.1) is 0 Å². The maximum atomic E-state index is 12.6. The lowest BCUT2D eigenvalue weighted by Gasteiger charge is -2.12. The van der Waals surface area contributed by atoms with Gasteiger partial charge >= 0.3 is 0 Å². The van der Waals surface area contributed by atoms with Crippen molar-refractivity contribution in [1.29, 1.82) is 0 Å². The van der Waals surface area contributed by atoms with Crippen molar-refractivity contribution in [3.05, 3.63) is 54.7 Å². The maximum absolute atomic E-state index is 12.6. The Hall–Kier alpha value is -2.80. The molecule has 1 heterocycles. The lowest BCUT2D eigenvalue weighted by Crippen LogP contribution is -2.13. The van der Waals surface area contributed by atoms with Crippen molar-refractivity contribution < 1.29 is 13.2 Å². The molecule has 7 heteroatoms. The molecule has 0 aliphatic carbocycles. The lowest BCUT2D eigenvalue weighted by atomic mass is 10.2. The van der Waals surface area contributed by atoms with Crippen LogP contribution in [-0.2, 0) is 10.0 Å². The van der Waals surface area contributed by atoms with Gasteiger partial charge in [0.2, 0.25) is 0 Å². The third-order valence-electron chi connectivity index (χ3n) is 3.42. The Balaban J connectivity index is 2.06. The normalized spacial score (nSPS) is 11.4. The number of anilines is 2. The van der Waals surface area contributed by atoms with Crippen LogP contribution in [0.2, 0.25) is 0 Å². The van der Waals surface area contributed by atoms with Gasteiger partial charge in [-0.2, -0.15) is 0 Å². The summed E-state index contributed by atoms with van der Waals surface area (Å²) in [4.78, 5) is 4.40. The van der Waals surface area contributed by atoms with E-state index < -0.39 is 10.0 Å². The van der Waals surface area contributed by atoms with E-state index in [1.54, 1.807) is 30.5 Å². The van der Waals surface area contributed by atoms with Crippen LogP contribution in [0.15, 0.2) is 59.6 Å². The first-order chi connectivity index (χ1) is 11.5. The topological polar surface area (TPSA) is 94.3 Å². The molecule has 0 saturated carbocycles. The summed E-state index contributed by atoms with van der Waals surface area (Å²) in [6.45, 7) is 2.35. The van der Waals surface area contributed by atoms with Crippen molar-refractivity contribution >= 4 is 32.3 Å². The molecular formula is C17H17N3O3S. The van der Waals surface area contributed by atoms with E-state index in [0.717, 1.165) is 5.39 Å². The van der Waals surface area contributed by atoms with Crippen LogP contribution in [0.4, 0.5) is 11.4 Å². The number of nitrogen functional groups attached to an aromatic ring is 1. The minimum absolute atomic E-state index is 0.127. The van der Waals surface area contributed by atoms with E-state index in [1.807, 2.05) is 19.1 Å². The van der Waals surface area contributed by atoms with E-state index in [4.69, 9.17) is 10.5 Å². The van der Waals surface area contributed by atoms with Crippen molar-refractivity contribution in [3.8, 4) is 5.75 Å². The first-order valence-electron chi connectivity index (χ1n) is 7.39. The Bertz CT molecular complexity index is 970. The molecule has 3 rings (SSSR count). The Morgan fingerprint density at radius 3 is 2.62 bits per heavy atom. The first-order valence-corrected chi connectivity index (χ1v) is 8.88. The van der Waals surface area contributed by atoms with Crippen molar-refractivity contribution in [2.75, 3.05) is 17.1 Å². The van der Waals surface area contributed by atoms with Crippen molar-refractivity contribution in [2.24, 2.45) is 0 Å². The van der Waals surface area contributed by atoms with E-state index in [1.165, 1.54) is 12.1 Å². The second-order valence-corrected chi connectivity index (χ2v) is 6.84. The highest BCUT2D eigenvalue weighted by molar-refractivity contribution is 7.92. The van der Waals surface area contributed by atoms with E-state index in [0.29, 0.717) is 29.2 Å². The quantitative estimate of drug-likeness (QED) is 0.695. The van der Waals surface area contributed by atoms with Crippen LogP contribution in [0.3, 0.4) is 0 Å². The number of benzene rings is 2. The number of sulfonamides is 1. The van der Waals surface area contributed by atoms with Crippen LogP contribution in [0.1, 0.15) is 6.92 Å². The molecule has 0 atom stereocenters. The first kappa shape index (κ1) is 16.1. The molecule has 0 bridgehead atoms. The number of fused-ring (bicyclic) bond motifs is 1. The SMILES string of the molecule is CCOc1cc(NS(=O)(=O)c2ccc(N)cc2)c2ncccc2c1. The van der Waals surface area contributed by atoms with Crippen LogP contribution in [0.5, 0.6) is 5.75 Å². The van der Waals surface area contributed by atoms with Crippen LogP contribution in [-0.4, -0.2) is 20.0 Å². The van der Waals surface area contributed by atoms with Gasteiger partial charge in [-0.25, -0.2) is 8.42 Å². The van der Waals surface area contributed by atoms with Crippen LogP contribution < -0.4 is 15.2 Å². The molecule has 24 heavy (non-hydrogen) atoms. The fourth-order valence-corrected chi connectivity index (χ4v) is 3.40. The largest absolute Gasteiger partial charge is 0.494 e. The molecule has 0 radical (unpaired) electrons. The summed E-state index contributed by atoms with van der Waals surface area (Å²) in [7, 11) is -3.75. The number of ether oxygens (including phenoxy) is 1. The van der Waals surface area contributed by atoms with Gasteiger partial charge in [-0.1, -0.05) is 6.07 Å². The standard InChI is InChI=1S/C17H17N3O3S/c1-2-23-14-10-12-4-3-9-19-17(12)16(11-14)20-24(21,22)15-7-5-13(18)6-8-15/h3-11,20H,2,18H2,1H3. The Kier molecular flexibility index (Phi) is 4.26. The fraction of sp³-hybridized carbons (Fsp3) is 0.118. The average Bonchev–Trinajstić information content (AvgIpc) is 2.55. The molecule has 6 nitrogen and oxygen atoms in total. The number of aromatic nitrogens is 1. The predicted octanol–water partition coefficient (Wildman–Crippen LogP) is 3.02. The molecule has 0 spiro atoms. The van der Waals surface area contributed by atoms with Crippen LogP contribution >= 0.6 is 0 Å². The van der Waals surface area contributed by atoms with Gasteiger partial charge in [-0.3, -0.25) is 9.71 Å². The van der Waals surface area contributed by atoms with Crippen molar-refractivity contribution in [2.45, 2.75) is 11.8 Å². The minimum atomic E-state index is -3.75. The summed E-state index contributed by atoms with van der Waals surface area (Å²) >= 11 is 0. The molecule has 0 saturated heterocycles. The molecule has 3 N–H and O–H groups in total. The lowest BCUT2D eigenvalue weighted by molar-refractivity contribution is 0.341. The van der Waals surface area contributed by atoms with Gasteiger partial charge in [0.1, 0.15) is 5.75 Å². The summed E-state index contributed by atoms with van der Waals surface area (Å²) < 4.78 is 33.3. The third kappa shape index (κ3) is 3.26. The maximum Gasteiger partial charge on any atom is 0.261 e. The van der Waals surface area contributed by atoms with Gasteiger partial charge in [0.05, 0.1) is 22.7 Å². The van der Waals surface area contributed by atoms with Gasteiger partial charge in [-0.05, 0) is 43.3 Å². The number of nitrogens with two attached hydrogens (primary N) is 1. The van der Waals surface area contributed by atoms with Gasteiger partial charge in [0.25, 0.3) is 10.0 Å². The third-order valence-corrected chi connectivity index (χ3v) is 4.81. The van der Waals surface area contributed by atoms with Gasteiger partial charge in [0.15, 0.2) is 0 Å². The molecule has 124 valence electrons. The van der Waals surface area contributed by atoms with E-state index in [2.05, 4.69) is 9.71 Å². The van der Waals surface area contributed by atoms with Gasteiger partial charge < -0.3 is 10.5 Å². The average molecular weight is 343 g/mol. The zero-order valence-electron chi connectivity index (χ0n) is 13.1. The summed E-state index contributed by atoms with van der Waals surface area (Å²) in [6.07, 6.45) is 1.61. The van der Waals surface area contributed by atoms with E-state index >= 15 is 0 Å². The van der Waals surface area contributed by atoms with Gasteiger partial charge in [0, 0.05) is 23.3 Å². The smallest absolute Gasteiger partial charge is 0.261 e. The molecule has 2 aromatic carbocycles. The second kappa shape index (κ2) is 6.37. The molecule has 0 aliphatic rings. The highest BCUT2D eigenvalue weighted by Crippen LogP contribution is 2.29. The Morgan fingerprint density at radius 2 is 1.92 bits per heavy atom. The molecule has 3 aromatic rings. The molecule has 0 amide bonds. The number of rotatable bonds is 5. The highest BCUT2D eigenvalue weighted by Gasteiger charge is 2.17. The number of nitrogens with one attached hydrogen (secondary N) is 1. The van der Waals surface area contributed by atoms with Crippen molar-refractivity contribution in [1.82, 2.24) is 4.98 Å². The van der Waals surface area contributed by atoms with E-state index in [9.17, 15) is 8.42 Å². The molecule has 0 aliphatic heterocycles. The minimum Gasteiger partial charge on any atom is -0.494 e. The number of pyridine rings is 1. The fourth-order valence-electron chi connectivity index (χ4n) is 2.34. The van der Waals surface area contributed by atoms with E-state index in [-0.39, 0.29) is 4.90 Å². The van der Waals surface area contributed by atoms with Gasteiger partial charge in [-0.15, -0.1) is 0 Å². The number of hydrogen-bond acceptors (Lipinski definition) is 5. The summed E-state index contributed by atoms with van der Waals surface area (Å²) in [5.41, 5.74) is 7.03. The van der Waals surface area contributed by atoms with Crippen LogP contribution in [0.25, 0.3) is 10.9 Å². The van der Waals surface area contributed by atoms with Crippen molar-refractivity contribution in [3.63, 3.8) is 0 Å². The molecule has 0 unspecified atom stereocenters. The molecular weight excluding hydrogens is 326 g/mol. The zero-order valence-corrected chi connectivity index (χ0v) is 13.9.